The van der Waals surface area contributed by atoms with Crippen LogP contribution in [0.25, 0.3) is 44.3 Å². The minimum atomic E-state index is -0.827. The van der Waals surface area contributed by atoms with E-state index in [-0.39, 0.29) is 11.9 Å². The summed E-state index contributed by atoms with van der Waals surface area (Å²) in [4.78, 5) is 29.0. The van der Waals surface area contributed by atoms with Crippen molar-refractivity contribution in [1.29, 1.82) is 5.26 Å². The highest BCUT2D eigenvalue weighted by atomic mass is 16.5. The molecule has 0 saturated carbocycles. The number of rotatable bonds is 6. The second kappa shape index (κ2) is 11.1. The van der Waals surface area contributed by atoms with E-state index in [4.69, 9.17) is 19.2 Å². The third-order valence-electron chi connectivity index (χ3n) is 8.71. The molecule has 1 amide bonds. The van der Waals surface area contributed by atoms with Gasteiger partial charge in [0.25, 0.3) is 5.91 Å². The largest absolute Gasteiger partial charge is 0.496 e. The van der Waals surface area contributed by atoms with Gasteiger partial charge in [0.1, 0.15) is 23.0 Å². The number of hydrogen-bond donors (Lipinski definition) is 2. The molecule has 0 atom stereocenters. The maximum Gasteiger partial charge on any atom is 0.251 e. The summed E-state index contributed by atoms with van der Waals surface area (Å²) >= 11 is 0. The number of methoxy groups -OCH3 is 1. The standard InChI is InChI=1S/C34H37N7O3/c1-18-29(19(2)44-40-18)26-15-27-25(16-28(26)43-7)30-31(36-20(3)37-32(30)39-27)21-12-22(14-23(13-21)34(4,5)17-35)33(42)38-24-8-10-41(6)11-9-24/h12-16,24H,8-11H2,1-7H3,(H,38,42)(H,36,37,39). The van der Waals surface area contributed by atoms with Gasteiger partial charge in [0, 0.05) is 33.6 Å². The molecule has 0 radical (unpaired) electrons. The predicted octanol–water partition coefficient (Wildman–Crippen LogP) is 5.99. The monoisotopic (exact) mass is 591 g/mol. The van der Waals surface area contributed by atoms with Gasteiger partial charge in [0.15, 0.2) is 0 Å². The molecule has 44 heavy (non-hydrogen) atoms. The van der Waals surface area contributed by atoms with E-state index in [1.54, 1.807) is 7.11 Å². The Morgan fingerprint density at radius 1 is 1.14 bits per heavy atom. The Hall–Kier alpha value is -4.75. The normalized spacial score (nSPS) is 14.7. The van der Waals surface area contributed by atoms with E-state index in [0.717, 1.165) is 70.2 Å². The average molecular weight is 592 g/mol. The van der Waals surface area contributed by atoms with E-state index >= 15 is 0 Å². The Kier molecular flexibility index (Phi) is 7.38. The van der Waals surface area contributed by atoms with Gasteiger partial charge in [-0.1, -0.05) is 5.16 Å². The number of aryl methyl sites for hydroxylation is 3. The summed E-state index contributed by atoms with van der Waals surface area (Å²) in [7, 11) is 3.74. The van der Waals surface area contributed by atoms with Crippen LogP contribution in [0.3, 0.4) is 0 Å². The summed E-state index contributed by atoms with van der Waals surface area (Å²) < 4.78 is 11.3. The van der Waals surface area contributed by atoms with E-state index in [1.807, 2.05) is 65.0 Å². The zero-order valence-corrected chi connectivity index (χ0v) is 26.3. The lowest BCUT2D eigenvalue weighted by Crippen LogP contribution is -2.43. The van der Waals surface area contributed by atoms with Crippen LogP contribution in [0, 0.1) is 32.1 Å². The van der Waals surface area contributed by atoms with Gasteiger partial charge >= 0.3 is 0 Å². The van der Waals surface area contributed by atoms with Gasteiger partial charge in [0.05, 0.1) is 40.9 Å². The minimum Gasteiger partial charge on any atom is -0.496 e. The fourth-order valence-electron chi connectivity index (χ4n) is 6.12. The molecule has 4 heterocycles. The lowest BCUT2D eigenvalue weighted by molar-refractivity contribution is 0.0916. The molecule has 0 bridgehead atoms. The Morgan fingerprint density at radius 3 is 2.55 bits per heavy atom. The highest BCUT2D eigenvalue weighted by molar-refractivity contribution is 6.14. The first-order chi connectivity index (χ1) is 21.0. The molecule has 1 fully saturated rings. The number of ether oxygens (including phenoxy) is 1. The number of nitriles is 1. The van der Waals surface area contributed by atoms with Gasteiger partial charge < -0.3 is 24.5 Å². The SMILES string of the molecule is COc1cc2c(cc1-c1c(C)noc1C)[nH]c1nc(C)nc(-c3cc(C(=O)NC4CCN(C)CC4)cc(C(C)(C)C#N)c3)c12. The van der Waals surface area contributed by atoms with Crippen LogP contribution in [0.4, 0.5) is 0 Å². The number of likely N-dealkylation sites (tertiary alicyclic amines) is 1. The van der Waals surface area contributed by atoms with Crippen LogP contribution in [0.2, 0.25) is 0 Å². The summed E-state index contributed by atoms with van der Waals surface area (Å²) in [5, 5.41) is 19.1. The van der Waals surface area contributed by atoms with E-state index in [2.05, 4.69) is 33.5 Å². The van der Waals surface area contributed by atoms with Crippen molar-refractivity contribution in [2.24, 2.45) is 0 Å². The van der Waals surface area contributed by atoms with Crippen molar-refractivity contribution in [2.75, 3.05) is 27.2 Å². The zero-order chi connectivity index (χ0) is 31.3. The van der Waals surface area contributed by atoms with Crippen LogP contribution in [0.5, 0.6) is 5.75 Å². The molecule has 2 aromatic carbocycles. The van der Waals surface area contributed by atoms with Crippen molar-refractivity contribution in [3.8, 4) is 34.2 Å². The first-order valence-corrected chi connectivity index (χ1v) is 14.9. The molecular formula is C34H37N7O3. The number of carbonyl (C=O) groups excluding carboxylic acids is 1. The summed E-state index contributed by atoms with van der Waals surface area (Å²) in [6.45, 7) is 11.2. The first-order valence-electron chi connectivity index (χ1n) is 14.9. The van der Waals surface area contributed by atoms with Crippen molar-refractivity contribution in [3.05, 3.63) is 58.7 Å². The summed E-state index contributed by atoms with van der Waals surface area (Å²) in [5.74, 6) is 1.80. The first kappa shape index (κ1) is 29.3. The van der Waals surface area contributed by atoms with Crippen LogP contribution < -0.4 is 10.1 Å². The minimum absolute atomic E-state index is 0.107. The molecule has 2 N–H and O–H groups in total. The average Bonchev–Trinajstić information content (AvgIpc) is 3.54. The molecule has 6 rings (SSSR count). The van der Waals surface area contributed by atoms with E-state index < -0.39 is 5.41 Å². The fourth-order valence-corrected chi connectivity index (χ4v) is 6.12. The highest BCUT2D eigenvalue weighted by Gasteiger charge is 2.26. The molecule has 226 valence electrons. The van der Waals surface area contributed by atoms with Crippen LogP contribution in [-0.2, 0) is 5.41 Å². The number of amides is 1. The third-order valence-corrected chi connectivity index (χ3v) is 8.71. The molecule has 10 nitrogen and oxygen atoms in total. The second-order valence-electron chi connectivity index (χ2n) is 12.4. The maximum absolute atomic E-state index is 13.7. The van der Waals surface area contributed by atoms with E-state index in [0.29, 0.717) is 34.2 Å². The molecule has 0 spiro atoms. The van der Waals surface area contributed by atoms with Gasteiger partial charge in [-0.15, -0.1) is 0 Å². The zero-order valence-electron chi connectivity index (χ0n) is 26.3. The Morgan fingerprint density at radius 2 is 1.89 bits per heavy atom. The van der Waals surface area contributed by atoms with Gasteiger partial charge in [-0.2, -0.15) is 5.26 Å². The summed E-state index contributed by atoms with van der Waals surface area (Å²) in [6.07, 6.45) is 1.80. The van der Waals surface area contributed by atoms with Crippen LogP contribution >= 0.6 is 0 Å². The number of H-pyrrole nitrogens is 1. The summed E-state index contributed by atoms with van der Waals surface area (Å²) in [6, 6.07) is 12.2. The second-order valence-corrected chi connectivity index (χ2v) is 12.4. The number of nitrogens with zero attached hydrogens (tertiary/aromatic N) is 5. The fraction of sp³-hybridized carbons (Fsp3) is 0.382. The predicted molar refractivity (Wildman–Crippen MR) is 170 cm³/mol. The molecular weight excluding hydrogens is 554 g/mol. The maximum atomic E-state index is 13.7. The molecule has 10 heteroatoms. The van der Waals surface area contributed by atoms with Gasteiger partial charge in [-0.25, -0.2) is 9.97 Å². The number of piperidine rings is 1. The van der Waals surface area contributed by atoms with Crippen LogP contribution in [0.15, 0.2) is 34.9 Å². The molecule has 1 saturated heterocycles. The van der Waals surface area contributed by atoms with Gasteiger partial charge in [-0.05, 0) is 103 Å². The van der Waals surface area contributed by atoms with Crippen molar-refractivity contribution in [2.45, 2.75) is 58.9 Å². The number of aromatic amines is 1. The van der Waals surface area contributed by atoms with Crippen molar-refractivity contribution >= 4 is 27.8 Å². The molecule has 0 aliphatic carbocycles. The summed E-state index contributed by atoms with van der Waals surface area (Å²) in [5.41, 5.74) is 5.88. The Bertz CT molecular complexity index is 1940. The van der Waals surface area contributed by atoms with Crippen LogP contribution in [-0.4, -0.2) is 64.2 Å². The van der Waals surface area contributed by atoms with Gasteiger partial charge in [-0.3, -0.25) is 4.79 Å². The topological polar surface area (TPSA) is 133 Å². The van der Waals surface area contributed by atoms with Crippen molar-refractivity contribution in [3.63, 3.8) is 0 Å². The molecule has 1 aliphatic heterocycles. The van der Waals surface area contributed by atoms with Crippen molar-refractivity contribution < 1.29 is 14.1 Å². The van der Waals surface area contributed by atoms with E-state index in [1.165, 1.54) is 0 Å². The molecule has 5 aromatic rings. The number of benzene rings is 2. The lowest BCUT2D eigenvalue weighted by atomic mass is 9.83. The lowest BCUT2D eigenvalue weighted by Gasteiger charge is -2.29. The third kappa shape index (κ3) is 5.18. The molecule has 3 aromatic heterocycles. The molecule has 1 aliphatic rings. The Balaban J connectivity index is 1.54. The quantitative estimate of drug-likeness (QED) is 0.246. The number of aromatic nitrogens is 4. The van der Waals surface area contributed by atoms with Crippen molar-refractivity contribution in [1.82, 2.24) is 30.3 Å². The van der Waals surface area contributed by atoms with Crippen LogP contribution in [0.1, 0.15) is 59.9 Å². The Labute approximate surface area is 256 Å². The van der Waals surface area contributed by atoms with E-state index in [9.17, 15) is 10.1 Å². The smallest absolute Gasteiger partial charge is 0.251 e. The highest BCUT2D eigenvalue weighted by Crippen LogP contribution is 2.42. The number of carbonyl (C=O) groups is 1. The number of fused-ring (bicyclic) bond motifs is 3. The van der Waals surface area contributed by atoms with Gasteiger partial charge in [0.2, 0.25) is 0 Å². The molecule has 0 unspecified atom stereocenters. The number of hydrogen-bond acceptors (Lipinski definition) is 8. The number of nitrogens with one attached hydrogen (secondary N) is 2.